The van der Waals surface area contributed by atoms with Gasteiger partial charge in [-0.25, -0.2) is 0 Å². The van der Waals surface area contributed by atoms with Crippen molar-refractivity contribution in [3.8, 4) is 16.9 Å². The van der Waals surface area contributed by atoms with E-state index in [1.807, 2.05) is 42.5 Å². The van der Waals surface area contributed by atoms with Gasteiger partial charge < -0.3 is 15.0 Å². The molecule has 1 aliphatic rings. The standard InChI is InChI=1S/C28H33N3O2/c32-28-17-9-18-30(19-10-20-31(23-29-28)25-13-5-2-6-14-25)21-22-33-27-16-8-7-15-26(27)24-11-3-1-4-12-24/h1-8,11-16H,9-10,17-23H2,(H,29,32). The summed E-state index contributed by atoms with van der Waals surface area (Å²) in [5.74, 6) is 1.03. The van der Waals surface area contributed by atoms with Gasteiger partial charge in [0.15, 0.2) is 0 Å². The van der Waals surface area contributed by atoms with Crippen LogP contribution in [0.15, 0.2) is 84.9 Å². The molecule has 5 nitrogen and oxygen atoms in total. The molecule has 5 heteroatoms. The number of anilines is 1. The monoisotopic (exact) mass is 443 g/mol. The van der Waals surface area contributed by atoms with Crippen molar-refractivity contribution in [2.45, 2.75) is 19.3 Å². The zero-order chi connectivity index (χ0) is 22.7. The molecule has 1 N–H and O–H groups in total. The van der Waals surface area contributed by atoms with Crippen molar-refractivity contribution >= 4 is 11.6 Å². The molecule has 0 unspecified atom stereocenters. The van der Waals surface area contributed by atoms with Gasteiger partial charge in [-0.05, 0) is 49.7 Å². The Bertz CT molecular complexity index is 994. The van der Waals surface area contributed by atoms with Gasteiger partial charge in [0.25, 0.3) is 0 Å². The lowest BCUT2D eigenvalue weighted by molar-refractivity contribution is -0.121. The van der Waals surface area contributed by atoms with Gasteiger partial charge in [-0.1, -0.05) is 66.7 Å². The Balaban J connectivity index is 1.35. The van der Waals surface area contributed by atoms with Gasteiger partial charge in [-0.2, -0.15) is 0 Å². The van der Waals surface area contributed by atoms with E-state index < -0.39 is 0 Å². The number of para-hydroxylation sites is 2. The average Bonchev–Trinajstić information content (AvgIpc) is 2.90. The zero-order valence-electron chi connectivity index (χ0n) is 19.2. The summed E-state index contributed by atoms with van der Waals surface area (Å²) >= 11 is 0. The third-order valence-electron chi connectivity index (χ3n) is 6.01. The van der Waals surface area contributed by atoms with Crippen molar-refractivity contribution in [1.29, 1.82) is 0 Å². The number of rotatable bonds is 6. The first kappa shape index (κ1) is 22.9. The number of nitrogens with one attached hydrogen (secondary N) is 1. The van der Waals surface area contributed by atoms with E-state index in [4.69, 9.17) is 4.74 Å². The van der Waals surface area contributed by atoms with E-state index in [9.17, 15) is 4.79 Å². The summed E-state index contributed by atoms with van der Waals surface area (Å²) in [4.78, 5) is 17.0. The SMILES string of the molecule is O=C1CCCN(CCOc2ccccc2-c2ccccc2)CCCN(c2ccccc2)CN1. The molecule has 0 saturated carbocycles. The van der Waals surface area contributed by atoms with Crippen molar-refractivity contribution in [3.63, 3.8) is 0 Å². The summed E-state index contributed by atoms with van der Waals surface area (Å²) in [6, 6.07) is 28.9. The average molecular weight is 444 g/mol. The van der Waals surface area contributed by atoms with E-state index >= 15 is 0 Å². The second-order valence-electron chi connectivity index (χ2n) is 8.37. The molecule has 0 atom stereocenters. The number of amides is 1. The van der Waals surface area contributed by atoms with Crippen molar-refractivity contribution in [3.05, 3.63) is 84.9 Å². The minimum absolute atomic E-state index is 0.116. The Morgan fingerprint density at radius 2 is 1.48 bits per heavy atom. The normalized spacial score (nSPS) is 16.0. The second-order valence-corrected chi connectivity index (χ2v) is 8.37. The second kappa shape index (κ2) is 12.1. The van der Waals surface area contributed by atoms with Crippen LogP contribution >= 0.6 is 0 Å². The van der Waals surface area contributed by atoms with E-state index in [2.05, 4.69) is 57.6 Å². The molecular weight excluding hydrogens is 410 g/mol. The van der Waals surface area contributed by atoms with Crippen LogP contribution in [0.25, 0.3) is 11.1 Å². The van der Waals surface area contributed by atoms with E-state index in [0.717, 1.165) is 61.6 Å². The molecule has 0 aromatic heterocycles. The number of nitrogens with zero attached hydrogens (tertiary/aromatic N) is 2. The van der Waals surface area contributed by atoms with Gasteiger partial charge in [0.05, 0.1) is 6.67 Å². The van der Waals surface area contributed by atoms with E-state index in [1.165, 1.54) is 0 Å². The topological polar surface area (TPSA) is 44.8 Å². The third-order valence-corrected chi connectivity index (χ3v) is 6.01. The number of ether oxygens (including phenoxy) is 1. The van der Waals surface area contributed by atoms with Crippen LogP contribution in [0.4, 0.5) is 5.69 Å². The van der Waals surface area contributed by atoms with Gasteiger partial charge in [-0.3, -0.25) is 9.69 Å². The molecule has 1 heterocycles. The fraction of sp³-hybridized carbons (Fsp3) is 0.321. The number of carbonyl (C=O) groups is 1. The maximum absolute atomic E-state index is 12.3. The number of hydrogen-bond donors (Lipinski definition) is 1. The molecule has 0 spiro atoms. The minimum Gasteiger partial charge on any atom is -0.492 e. The molecule has 1 amide bonds. The lowest BCUT2D eigenvalue weighted by Crippen LogP contribution is -2.38. The van der Waals surface area contributed by atoms with Gasteiger partial charge in [-0.15, -0.1) is 0 Å². The lowest BCUT2D eigenvalue weighted by Gasteiger charge is -2.26. The Labute approximate surface area is 197 Å². The first-order valence-corrected chi connectivity index (χ1v) is 11.9. The highest BCUT2D eigenvalue weighted by Gasteiger charge is 2.14. The van der Waals surface area contributed by atoms with Gasteiger partial charge >= 0.3 is 0 Å². The Morgan fingerprint density at radius 3 is 2.30 bits per heavy atom. The summed E-state index contributed by atoms with van der Waals surface area (Å²) < 4.78 is 6.23. The maximum Gasteiger partial charge on any atom is 0.221 e. The Kier molecular flexibility index (Phi) is 8.36. The molecule has 4 rings (SSSR count). The quantitative estimate of drug-likeness (QED) is 0.595. The van der Waals surface area contributed by atoms with Gasteiger partial charge in [0.2, 0.25) is 5.91 Å². The molecule has 0 aliphatic carbocycles. The van der Waals surface area contributed by atoms with Gasteiger partial charge in [0, 0.05) is 30.8 Å². The first-order valence-electron chi connectivity index (χ1n) is 11.9. The van der Waals surface area contributed by atoms with Crippen LogP contribution in [0, 0.1) is 0 Å². The molecular formula is C28H33N3O2. The van der Waals surface area contributed by atoms with Crippen molar-refractivity contribution in [2.24, 2.45) is 0 Å². The van der Waals surface area contributed by atoms with Crippen LogP contribution < -0.4 is 15.0 Å². The fourth-order valence-corrected chi connectivity index (χ4v) is 4.23. The molecule has 1 saturated heterocycles. The van der Waals surface area contributed by atoms with E-state index in [0.29, 0.717) is 19.7 Å². The minimum atomic E-state index is 0.116. The summed E-state index contributed by atoms with van der Waals surface area (Å²) in [6.07, 6.45) is 2.44. The van der Waals surface area contributed by atoms with E-state index in [-0.39, 0.29) is 5.91 Å². The smallest absolute Gasteiger partial charge is 0.221 e. The van der Waals surface area contributed by atoms with Crippen LogP contribution in [-0.2, 0) is 4.79 Å². The van der Waals surface area contributed by atoms with E-state index in [1.54, 1.807) is 0 Å². The summed E-state index contributed by atoms with van der Waals surface area (Å²) in [6.45, 7) is 4.82. The van der Waals surface area contributed by atoms with Crippen molar-refractivity contribution in [1.82, 2.24) is 10.2 Å². The van der Waals surface area contributed by atoms with Crippen LogP contribution in [0.3, 0.4) is 0 Å². The highest BCUT2D eigenvalue weighted by molar-refractivity contribution is 5.76. The summed E-state index contributed by atoms with van der Waals surface area (Å²) in [5.41, 5.74) is 3.42. The molecule has 3 aromatic carbocycles. The number of carbonyl (C=O) groups excluding carboxylic acids is 1. The highest BCUT2D eigenvalue weighted by Crippen LogP contribution is 2.29. The fourth-order valence-electron chi connectivity index (χ4n) is 4.23. The van der Waals surface area contributed by atoms with Crippen LogP contribution in [0.5, 0.6) is 5.75 Å². The highest BCUT2D eigenvalue weighted by atomic mass is 16.5. The zero-order valence-corrected chi connectivity index (χ0v) is 19.2. The Hall–Kier alpha value is -3.31. The molecule has 0 bridgehead atoms. The molecule has 0 radical (unpaired) electrons. The number of benzene rings is 3. The summed E-state index contributed by atoms with van der Waals surface area (Å²) in [5, 5.41) is 3.07. The molecule has 1 fully saturated rings. The van der Waals surface area contributed by atoms with Gasteiger partial charge in [0.1, 0.15) is 12.4 Å². The molecule has 172 valence electrons. The van der Waals surface area contributed by atoms with Crippen molar-refractivity contribution < 1.29 is 9.53 Å². The van der Waals surface area contributed by atoms with Crippen molar-refractivity contribution in [2.75, 3.05) is 44.4 Å². The maximum atomic E-state index is 12.3. The molecule has 33 heavy (non-hydrogen) atoms. The predicted molar refractivity (Wildman–Crippen MR) is 134 cm³/mol. The molecule has 1 aliphatic heterocycles. The van der Waals surface area contributed by atoms with Crippen LogP contribution in [0.2, 0.25) is 0 Å². The van der Waals surface area contributed by atoms with Crippen LogP contribution in [0.1, 0.15) is 19.3 Å². The molecule has 3 aromatic rings. The first-order chi connectivity index (χ1) is 16.3. The Morgan fingerprint density at radius 1 is 0.788 bits per heavy atom. The van der Waals surface area contributed by atoms with Crippen LogP contribution in [-0.4, -0.2) is 50.3 Å². The summed E-state index contributed by atoms with van der Waals surface area (Å²) in [7, 11) is 0. The third kappa shape index (κ3) is 6.83. The lowest BCUT2D eigenvalue weighted by atomic mass is 10.1. The largest absolute Gasteiger partial charge is 0.492 e. The number of hydrogen-bond acceptors (Lipinski definition) is 4. The predicted octanol–water partition coefficient (Wildman–Crippen LogP) is 4.80.